The number of nitrogens with zero attached hydrogens (tertiary/aromatic N) is 5. The number of halogens is 1. The largest absolute Gasteiger partial charge is 0.396 e. The van der Waals surface area contributed by atoms with Crippen molar-refractivity contribution in [3.05, 3.63) is 28.7 Å². The summed E-state index contributed by atoms with van der Waals surface area (Å²) in [6.45, 7) is 1.59. The summed E-state index contributed by atoms with van der Waals surface area (Å²) in [5.41, 5.74) is 1.01. The summed E-state index contributed by atoms with van der Waals surface area (Å²) in [5.74, 6) is 0.502. The van der Waals surface area contributed by atoms with Crippen LogP contribution < -0.4 is 4.90 Å². The van der Waals surface area contributed by atoms with Crippen molar-refractivity contribution in [3.63, 3.8) is 0 Å². The Hall–Kier alpha value is -2.13. The molecule has 1 N–H and O–H groups in total. The highest BCUT2D eigenvalue weighted by molar-refractivity contribution is 9.10. The molecule has 4 rings (SSSR count). The molecule has 0 bridgehead atoms. The van der Waals surface area contributed by atoms with Crippen LogP contribution in [0, 0.1) is 0 Å². The third-order valence-corrected chi connectivity index (χ3v) is 5.58. The Balaban J connectivity index is 1.63. The summed E-state index contributed by atoms with van der Waals surface area (Å²) in [5, 5.41) is 9.05. The van der Waals surface area contributed by atoms with Crippen LogP contribution in [0.15, 0.2) is 33.7 Å². The second-order valence-corrected chi connectivity index (χ2v) is 7.49. The van der Waals surface area contributed by atoms with Gasteiger partial charge in [0.1, 0.15) is 0 Å². The Kier molecular flexibility index (Phi) is 4.36. The van der Waals surface area contributed by atoms with Crippen molar-refractivity contribution in [2.45, 2.75) is 18.6 Å². The van der Waals surface area contributed by atoms with Crippen LogP contribution in [-0.4, -0.2) is 83.2 Å². The maximum absolute atomic E-state index is 13.0. The Morgan fingerprint density at radius 1 is 1.23 bits per heavy atom. The van der Waals surface area contributed by atoms with Crippen molar-refractivity contribution in [1.82, 2.24) is 14.7 Å². The van der Waals surface area contributed by atoms with Crippen LogP contribution in [0.5, 0.6) is 0 Å². The van der Waals surface area contributed by atoms with Crippen LogP contribution in [0.3, 0.4) is 0 Å². The maximum atomic E-state index is 13.0. The number of benzene rings is 1. The number of aliphatic hydroxyl groups is 1. The Bertz CT molecular complexity index is 768. The number of carbonyl (C=O) groups is 2. The Morgan fingerprint density at radius 3 is 2.65 bits per heavy atom. The number of anilines is 1. The monoisotopic (exact) mass is 421 g/mol. The lowest BCUT2D eigenvalue weighted by atomic mass is 10.1. The fourth-order valence-corrected chi connectivity index (χ4v) is 4.00. The van der Waals surface area contributed by atoms with Gasteiger partial charge < -0.3 is 19.8 Å². The van der Waals surface area contributed by atoms with Crippen molar-refractivity contribution in [1.29, 1.82) is 0 Å². The molecule has 2 saturated heterocycles. The number of aliphatic hydroxyl groups excluding tert-OH is 1. The molecule has 3 amide bonds. The highest BCUT2D eigenvalue weighted by atomic mass is 79.9. The zero-order chi connectivity index (χ0) is 18.4. The van der Waals surface area contributed by atoms with E-state index in [-0.39, 0.29) is 25.1 Å². The smallest absolute Gasteiger partial charge is 0.328 e. The van der Waals surface area contributed by atoms with Gasteiger partial charge in [-0.1, -0.05) is 15.9 Å². The first-order valence-corrected chi connectivity index (χ1v) is 9.39. The molecule has 2 fully saturated rings. The predicted molar refractivity (Wildman–Crippen MR) is 99.8 cm³/mol. The topological polar surface area (TPSA) is 79.7 Å². The minimum atomic E-state index is -0.506. The van der Waals surface area contributed by atoms with Gasteiger partial charge in [0, 0.05) is 43.4 Å². The second-order valence-electron chi connectivity index (χ2n) is 6.57. The number of fused-ring (bicyclic) bond motifs is 3. The van der Waals surface area contributed by atoms with E-state index in [1.54, 1.807) is 7.05 Å². The zero-order valence-electron chi connectivity index (χ0n) is 14.4. The molecule has 1 aromatic carbocycles. The van der Waals surface area contributed by atoms with Crippen LogP contribution >= 0.6 is 15.9 Å². The van der Waals surface area contributed by atoms with E-state index in [9.17, 15) is 9.59 Å². The van der Waals surface area contributed by atoms with E-state index >= 15 is 0 Å². The molecule has 26 heavy (non-hydrogen) atoms. The van der Waals surface area contributed by atoms with Gasteiger partial charge in [-0.2, -0.15) is 0 Å². The van der Waals surface area contributed by atoms with E-state index in [1.807, 2.05) is 29.2 Å². The van der Waals surface area contributed by atoms with Crippen LogP contribution in [0.4, 0.5) is 10.5 Å². The molecule has 2 unspecified atom stereocenters. The third kappa shape index (κ3) is 2.57. The number of carbonyl (C=O) groups excluding carboxylic acids is 2. The van der Waals surface area contributed by atoms with Crippen LogP contribution in [-0.2, 0) is 4.79 Å². The van der Waals surface area contributed by atoms with E-state index in [4.69, 9.17) is 10.1 Å². The second kappa shape index (κ2) is 6.55. The summed E-state index contributed by atoms with van der Waals surface area (Å²) in [4.78, 5) is 37.0. The van der Waals surface area contributed by atoms with Crippen molar-refractivity contribution >= 4 is 39.5 Å². The van der Waals surface area contributed by atoms with Gasteiger partial charge in [-0.25, -0.2) is 9.79 Å². The summed E-state index contributed by atoms with van der Waals surface area (Å²) in [6.07, 6.45) is -0.129. The predicted octanol–water partition coefficient (Wildman–Crippen LogP) is 0.912. The molecule has 3 heterocycles. The van der Waals surface area contributed by atoms with Crippen LogP contribution in [0.2, 0.25) is 0 Å². The number of guanidine groups is 1. The van der Waals surface area contributed by atoms with E-state index in [0.717, 1.165) is 22.7 Å². The molecule has 0 saturated carbocycles. The quantitative estimate of drug-likeness (QED) is 0.781. The number of rotatable bonds is 4. The lowest BCUT2D eigenvalue weighted by Crippen LogP contribution is -2.64. The van der Waals surface area contributed by atoms with E-state index < -0.39 is 12.2 Å². The number of urea groups is 1. The number of likely N-dealkylation sites (N-methyl/N-ethyl adjacent to an activating group) is 1. The number of amides is 3. The van der Waals surface area contributed by atoms with Crippen molar-refractivity contribution < 1.29 is 14.7 Å². The fourth-order valence-electron chi connectivity index (χ4n) is 3.74. The zero-order valence-corrected chi connectivity index (χ0v) is 16.0. The molecule has 138 valence electrons. The third-order valence-electron chi connectivity index (χ3n) is 5.06. The van der Waals surface area contributed by atoms with Gasteiger partial charge >= 0.3 is 6.03 Å². The first-order valence-electron chi connectivity index (χ1n) is 8.59. The minimum Gasteiger partial charge on any atom is -0.396 e. The van der Waals surface area contributed by atoms with E-state index in [0.29, 0.717) is 13.0 Å². The first-order chi connectivity index (χ1) is 12.5. The molecule has 2 atom stereocenters. The molecule has 0 aliphatic carbocycles. The highest BCUT2D eigenvalue weighted by Crippen LogP contribution is 2.33. The summed E-state index contributed by atoms with van der Waals surface area (Å²) >= 11 is 3.44. The lowest BCUT2D eigenvalue weighted by Gasteiger charge is -2.40. The average molecular weight is 422 g/mol. The number of hydrogen-bond donors (Lipinski definition) is 1. The lowest BCUT2D eigenvalue weighted by molar-refractivity contribution is -0.137. The van der Waals surface area contributed by atoms with Crippen molar-refractivity contribution in [2.75, 3.05) is 38.2 Å². The van der Waals surface area contributed by atoms with Crippen molar-refractivity contribution in [3.8, 4) is 0 Å². The molecule has 8 nitrogen and oxygen atoms in total. The van der Waals surface area contributed by atoms with Crippen LogP contribution in [0.1, 0.15) is 6.42 Å². The maximum Gasteiger partial charge on any atom is 0.328 e. The minimum absolute atomic E-state index is 0.0579. The molecule has 1 aromatic rings. The molecular formula is C17H20BrN5O3. The molecular weight excluding hydrogens is 402 g/mol. The first kappa shape index (κ1) is 17.3. The number of hydrogen-bond acceptors (Lipinski definition) is 6. The van der Waals surface area contributed by atoms with Gasteiger partial charge in [0.2, 0.25) is 5.96 Å². The van der Waals surface area contributed by atoms with Gasteiger partial charge in [0.05, 0.1) is 0 Å². The van der Waals surface area contributed by atoms with Gasteiger partial charge in [0.25, 0.3) is 5.91 Å². The molecule has 3 aliphatic rings. The SMILES string of the molecule is CN1C(=O)N(CCCO)C(=O)C2C1N=C1N(c3ccc(Br)cc3)CCN12. The number of imide groups is 1. The Morgan fingerprint density at radius 2 is 1.96 bits per heavy atom. The molecule has 9 heteroatoms. The normalized spacial score (nSPS) is 25.0. The Labute approximate surface area is 159 Å². The molecule has 0 spiro atoms. The summed E-state index contributed by atoms with van der Waals surface area (Å²) < 4.78 is 0.999. The van der Waals surface area contributed by atoms with Gasteiger partial charge in [-0.05, 0) is 30.7 Å². The number of aliphatic imine (C=N–C) groups is 1. The fraction of sp³-hybridized carbons (Fsp3) is 0.471. The van der Waals surface area contributed by atoms with Crippen LogP contribution in [0.25, 0.3) is 0 Å². The molecule has 3 aliphatic heterocycles. The molecule has 0 aromatic heterocycles. The van der Waals surface area contributed by atoms with Gasteiger partial charge in [-0.3, -0.25) is 9.69 Å². The average Bonchev–Trinajstić information content (AvgIpc) is 3.20. The van der Waals surface area contributed by atoms with E-state index in [2.05, 4.69) is 20.8 Å². The standard InChI is InChI=1S/C17H20BrN5O3/c1-20-14-13(15(25)23(17(20)26)7-2-10-24)22-9-8-21(16(22)19-14)12-5-3-11(18)4-6-12/h3-6,13-14,24H,2,7-10H2,1H3. The van der Waals surface area contributed by atoms with Crippen molar-refractivity contribution in [2.24, 2.45) is 4.99 Å². The van der Waals surface area contributed by atoms with Gasteiger partial charge in [0.15, 0.2) is 12.2 Å². The highest BCUT2D eigenvalue weighted by Gasteiger charge is 2.54. The summed E-state index contributed by atoms with van der Waals surface area (Å²) in [6, 6.07) is 7.10. The summed E-state index contributed by atoms with van der Waals surface area (Å²) in [7, 11) is 1.68. The van der Waals surface area contributed by atoms with Gasteiger partial charge in [-0.15, -0.1) is 0 Å². The molecule has 0 radical (unpaired) electrons. The van der Waals surface area contributed by atoms with E-state index in [1.165, 1.54) is 9.80 Å².